The van der Waals surface area contributed by atoms with Crippen molar-refractivity contribution in [3.63, 3.8) is 0 Å². The van der Waals surface area contributed by atoms with Gasteiger partial charge in [0.15, 0.2) is 13.2 Å². The number of hydrogen-bond acceptors (Lipinski definition) is 5. The van der Waals surface area contributed by atoms with E-state index >= 15 is 0 Å². The van der Waals surface area contributed by atoms with Crippen LogP contribution in [0.15, 0.2) is 42.5 Å². The van der Waals surface area contributed by atoms with Gasteiger partial charge in [-0.1, -0.05) is 24.3 Å². The number of amides is 1. The van der Waals surface area contributed by atoms with E-state index in [1.165, 1.54) is 18.2 Å². The van der Waals surface area contributed by atoms with E-state index in [2.05, 4.69) is 0 Å². The number of halogens is 1. The standard InChI is InChI=1S/C21H21FN2O4/c1-15-8-9-16(2)19(12-15)27-14-21(26)28-13-20(25)24(11-5-10-23)18-7-4-3-6-17(18)22/h3-4,6-9,12H,5,11,13-14H2,1-2H3. The zero-order valence-corrected chi connectivity index (χ0v) is 15.8. The van der Waals surface area contributed by atoms with Crippen LogP contribution in [-0.2, 0) is 14.3 Å². The molecule has 2 aromatic rings. The van der Waals surface area contributed by atoms with Crippen LogP contribution in [0.4, 0.5) is 10.1 Å². The second-order valence-electron chi connectivity index (χ2n) is 6.12. The number of nitrogens with zero attached hydrogens (tertiary/aromatic N) is 2. The molecule has 146 valence electrons. The van der Waals surface area contributed by atoms with Gasteiger partial charge < -0.3 is 14.4 Å². The number of anilines is 1. The lowest BCUT2D eigenvalue weighted by molar-refractivity contribution is -0.149. The molecule has 2 rings (SSSR count). The molecule has 0 N–H and O–H groups in total. The van der Waals surface area contributed by atoms with E-state index in [9.17, 15) is 14.0 Å². The van der Waals surface area contributed by atoms with E-state index in [-0.39, 0.29) is 25.3 Å². The number of rotatable bonds is 8. The van der Waals surface area contributed by atoms with Gasteiger partial charge in [-0.15, -0.1) is 0 Å². The first-order valence-electron chi connectivity index (χ1n) is 8.70. The summed E-state index contributed by atoms with van der Waals surface area (Å²) in [5, 5.41) is 8.77. The molecule has 0 aliphatic heterocycles. The highest BCUT2D eigenvalue weighted by atomic mass is 19.1. The monoisotopic (exact) mass is 384 g/mol. The molecular formula is C21H21FN2O4. The van der Waals surface area contributed by atoms with Gasteiger partial charge in [0.25, 0.3) is 5.91 Å². The van der Waals surface area contributed by atoms with Crippen LogP contribution < -0.4 is 9.64 Å². The maximum absolute atomic E-state index is 14.0. The summed E-state index contributed by atoms with van der Waals surface area (Å²) in [6.45, 7) is 2.82. The summed E-state index contributed by atoms with van der Waals surface area (Å²) in [5.41, 5.74) is 1.89. The van der Waals surface area contributed by atoms with Crippen molar-refractivity contribution in [1.29, 1.82) is 5.26 Å². The molecular weight excluding hydrogens is 363 g/mol. The molecule has 0 spiro atoms. The highest BCUT2D eigenvalue weighted by Crippen LogP contribution is 2.20. The number of aryl methyl sites for hydroxylation is 2. The van der Waals surface area contributed by atoms with Crippen molar-refractivity contribution in [3.8, 4) is 11.8 Å². The van der Waals surface area contributed by atoms with Gasteiger partial charge in [0.2, 0.25) is 0 Å². The summed E-state index contributed by atoms with van der Waals surface area (Å²) in [4.78, 5) is 25.4. The van der Waals surface area contributed by atoms with Crippen molar-refractivity contribution in [2.24, 2.45) is 0 Å². The third kappa shape index (κ3) is 5.81. The third-order valence-corrected chi connectivity index (χ3v) is 3.94. The quantitative estimate of drug-likeness (QED) is 0.653. The molecule has 0 radical (unpaired) electrons. The van der Waals surface area contributed by atoms with Crippen molar-refractivity contribution in [2.45, 2.75) is 20.3 Å². The molecule has 0 heterocycles. The highest BCUT2D eigenvalue weighted by Gasteiger charge is 2.20. The molecule has 0 aromatic heterocycles. The normalized spacial score (nSPS) is 10.1. The average Bonchev–Trinajstić information content (AvgIpc) is 2.68. The summed E-state index contributed by atoms with van der Waals surface area (Å²) in [6.07, 6.45) is 0.0176. The number of carbonyl (C=O) groups excluding carboxylic acids is 2. The van der Waals surface area contributed by atoms with Gasteiger partial charge in [-0.05, 0) is 43.2 Å². The summed E-state index contributed by atoms with van der Waals surface area (Å²) in [6, 6.07) is 13.2. The summed E-state index contributed by atoms with van der Waals surface area (Å²) in [5.74, 6) is -1.38. The molecule has 0 unspecified atom stereocenters. The Morgan fingerprint density at radius 1 is 1.14 bits per heavy atom. The zero-order chi connectivity index (χ0) is 20.5. The van der Waals surface area contributed by atoms with Crippen LogP contribution in [0.5, 0.6) is 5.75 Å². The Labute approximate surface area is 163 Å². The number of nitriles is 1. The molecule has 7 heteroatoms. The van der Waals surface area contributed by atoms with Crippen molar-refractivity contribution in [1.82, 2.24) is 0 Å². The number of para-hydroxylation sites is 1. The minimum absolute atomic E-state index is 0.00714. The topological polar surface area (TPSA) is 79.6 Å². The predicted molar refractivity (Wildman–Crippen MR) is 101 cm³/mol. The van der Waals surface area contributed by atoms with E-state index in [1.54, 1.807) is 12.1 Å². The fraction of sp³-hybridized carbons (Fsp3) is 0.286. The lowest BCUT2D eigenvalue weighted by Crippen LogP contribution is -2.36. The van der Waals surface area contributed by atoms with Gasteiger partial charge in [-0.3, -0.25) is 4.79 Å². The summed E-state index contributed by atoms with van der Waals surface area (Å²) in [7, 11) is 0. The number of hydrogen-bond donors (Lipinski definition) is 0. The van der Waals surface area contributed by atoms with E-state index in [1.807, 2.05) is 32.0 Å². The summed E-state index contributed by atoms with van der Waals surface area (Å²) >= 11 is 0. The van der Waals surface area contributed by atoms with E-state index < -0.39 is 24.3 Å². The summed E-state index contributed by atoms with van der Waals surface area (Å²) < 4.78 is 24.4. The minimum Gasteiger partial charge on any atom is -0.482 e. The maximum atomic E-state index is 14.0. The first-order chi connectivity index (χ1) is 13.4. The molecule has 0 aliphatic carbocycles. The Morgan fingerprint density at radius 3 is 2.61 bits per heavy atom. The number of carbonyl (C=O) groups is 2. The van der Waals surface area contributed by atoms with Crippen LogP contribution in [0.25, 0.3) is 0 Å². The Hall–Kier alpha value is -3.40. The van der Waals surface area contributed by atoms with E-state index in [0.717, 1.165) is 16.0 Å². The highest BCUT2D eigenvalue weighted by molar-refractivity contribution is 5.95. The average molecular weight is 384 g/mol. The smallest absolute Gasteiger partial charge is 0.344 e. The minimum atomic E-state index is -0.719. The fourth-order valence-electron chi connectivity index (χ4n) is 2.47. The second kappa shape index (κ2) is 10.1. The predicted octanol–water partition coefficient (Wildman–Crippen LogP) is 3.31. The Kier molecular flexibility index (Phi) is 7.52. The Bertz CT molecular complexity index is 892. The lowest BCUT2D eigenvalue weighted by Gasteiger charge is -2.22. The molecule has 28 heavy (non-hydrogen) atoms. The third-order valence-electron chi connectivity index (χ3n) is 3.94. The zero-order valence-electron chi connectivity index (χ0n) is 15.8. The van der Waals surface area contributed by atoms with Crippen LogP contribution in [0.1, 0.15) is 17.5 Å². The molecule has 1 amide bonds. The Balaban J connectivity index is 1.94. The first-order valence-corrected chi connectivity index (χ1v) is 8.70. The molecule has 0 saturated carbocycles. The molecule has 0 saturated heterocycles. The SMILES string of the molecule is Cc1ccc(C)c(OCC(=O)OCC(=O)N(CCC#N)c2ccccc2F)c1. The lowest BCUT2D eigenvalue weighted by atomic mass is 10.1. The van der Waals surface area contributed by atoms with Crippen LogP contribution in [-0.4, -0.2) is 31.6 Å². The van der Waals surface area contributed by atoms with Crippen molar-refractivity contribution < 1.29 is 23.5 Å². The van der Waals surface area contributed by atoms with Crippen LogP contribution in [0.3, 0.4) is 0 Å². The van der Waals surface area contributed by atoms with Gasteiger partial charge in [-0.2, -0.15) is 5.26 Å². The largest absolute Gasteiger partial charge is 0.482 e. The van der Waals surface area contributed by atoms with E-state index in [4.69, 9.17) is 14.7 Å². The molecule has 6 nitrogen and oxygen atoms in total. The molecule has 0 bridgehead atoms. The van der Waals surface area contributed by atoms with Gasteiger partial charge in [0.05, 0.1) is 18.2 Å². The van der Waals surface area contributed by atoms with Crippen LogP contribution in [0.2, 0.25) is 0 Å². The van der Waals surface area contributed by atoms with Crippen molar-refractivity contribution in [2.75, 3.05) is 24.7 Å². The number of ether oxygens (including phenoxy) is 2. The molecule has 0 atom stereocenters. The fourth-order valence-corrected chi connectivity index (χ4v) is 2.47. The van der Waals surface area contributed by atoms with Crippen molar-refractivity contribution in [3.05, 3.63) is 59.4 Å². The maximum Gasteiger partial charge on any atom is 0.344 e. The Morgan fingerprint density at radius 2 is 1.89 bits per heavy atom. The van der Waals surface area contributed by atoms with E-state index in [0.29, 0.717) is 5.75 Å². The first kappa shape index (κ1) is 20.9. The van der Waals surface area contributed by atoms with Gasteiger partial charge in [0.1, 0.15) is 11.6 Å². The van der Waals surface area contributed by atoms with Gasteiger partial charge >= 0.3 is 5.97 Å². The van der Waals surface area contributed by atoms with Crippen LogP contribution >= 0.6 is 0 Å². The molecule has 0 fully saturated rings. The second-order valence-corrected chi connectivity index (χ2v) is 6.12. The number of esters is 1. The van der Waals surface area contributed by atoms with Gasteiger partial charge in [-0.25, -0.2) is 9.18 Å². The molecule has 0 aliphatic rings. The number of benzene rings is 2. The van der Waals surface area contributed by atoms with Gasteiger partial charge in [0, 0.05) is 6.54 Å². The molecule has 2 aromatic carbocycles. The van der Waals surface area contributed by atoms with Crippen molar-refractivity contribution >= 4 is 17.6 Å². The van der Waals surface area contributed by atoms with Crippen LogP contribution in [0, 0.1) is 31.0 Å².